The number of rotatable bonds is 6. The fourth-order valence-corrected chi connectivity index (χ4v) is 2.99. The van der Waals surface area contributed by atoms with Crippen molar-refractivity contribution in [2.24, 2.45) is 0 Å². The molecule has 2 aromatic carbocycles. The smallest absolute Gasteiger partial charge is 0.408 e. The number of anilines is 1. The summed E-state index contributed by atoms with van der Waals surface area (Å²) < 4.78 is 6.16. The first-order valence-corrected chi connectivity index (χ1v) is 8.84. The van der Waals surface area contributed by atoms with Crippen LogP contribution in [0.1, 0.15) is 17.5 Å². The van der Waals surface area contributed by atoms with Crippen LogP contribution in [0.3, 0.4) is 0 Å². The van der Waals surface area contributed by atoms with Gasteiger partial charge in [-0.25, -0.2) is 4.79 Å². The molecule has 3 aromatic rings. The standard InChI is InChI=1S/C20H18N4O5/c1-13-4-5-15(10-14(13)2)22(9-3-8-21)19(25)12-23-17-11-16(24(27)28)6-7-18(17)29-20(23)26/h4-7,10-11H,3,9,12H2,1-2H3. The second kappa shape index (κ2) is 7.98. The van der Waals surface area contributed by atoms with Crippen molar-refractivity contribution in [1.82, 2.24) is 4.57 Å². The predicted molar refractivity (Wildman–Crippen MR) is 106 cm³/mol. The molecule has 0 saturated carbocycles. The van der Waals surface area contributed by atoms with Crippen LogP contribution < -0.4 is 10.7 Å². The predicted octanol–water partition coefficient (Wildman–Crippen LogP) is 3.07. The van der Waals surface area contributed by atoms with Crippen LogP contribution in [0.5, 0.6) is 0 Å². The minimum Gasteiger partial charge on any atom is -0.408 e. The minimum absolute atomic E-state index is 0.116. The number of hydrogen-bond acceptors (Lipinski definition) is 6. The number of amides is 1. The molecular weight excluding hydrogens is 376 g/mol. The van der Waals surface area contributed by atoms with Gasteiger partial charge in [-0.1, -0.05) is 6.07 Å². The van der Waals surface area contributed by atoms with Crippen molar-refractivity contribution >= 4 is 28.4 Å². The van der Waals surface area contributed by atoms with Gasteiger partial charge in [0, 0.05) is 24.4 Å². The zero-order valence-corrected chi connectivity index (χ0v) is 15.9. The molecule has 0 unspecified atom stereocenters. The number of nitro groups is 1. The molecule has 1 amide bonds. The number of non-ortho nitro benzene ring substituents is 1. The molecule has 0 spiro atoms. The van der Waals surface area contributed by atoms with Gasteiger partial charge in [0.25, 0.3) is 5.69 Å². The Morgan fingerprint density at radius 2 is 2.00 bits per heavy atom. The first-order valence-electron chi connectivity index (χ1n) is 8.84. The SMILES string of the molecule is Cc1ccc(N(CCC#N)C(=O)Cn2c(=O)oc3ccc([N+](=O)[O-])cc32)cc1C. The lowest BCUT2D eigenvalue weighted by Crippen LogP contribution is -2.36. The van der Waals surface area contributed by atoms with Gasteiger partial charge in [-0.05, 0) is 43.2 Å². The van der Waals surface area contributed by atoms with Gasteiger partial charge in [0.1, 0.15) is 6.54 Å². The van der Waals surface area contributed by atoms with Crippen molar-refractivity contribution in [1.29, 1.82) is 5.26 Å². The maximum absolute atomic E-state index is 13.0. The molecule has 0 aliphatic heterocycles. The summed E-state index contributed by atoms with van der Waals surface area (Å²) in [4.78, 5) is 37.1. The average Bonchev–Trinajstić information content (AvgIpc) is 2.99. The van der Waals surface area contributed by atoms with Gasteiger partial charge in [0.2, 0.25) is 5.91 Å². The third kappa shape index (κ3) is 4.01. The van der Waals surface area contributed by atoms with Gasteiger partial charge in [-0.2, -0.15) is 5.26 Å². The van der Waals surface area contributed by atoms with E-state index in [9.17, 15) is 19.7 Å². The van der Waals surface area contributed by atoms with Crippen molar-refractivity contribution < 1.29 is 14.1 Å². The molecule has 0 radical (unpaired) electrons. The number of aromatic nitrogens is 1. The first-order chi connectivity index (χ1) is 13.8. The first kappa shape index (κ1) is 19.8. The highest BCUT2D eigenvalue weighted by molar-refractivity contribution is 5.94. The van der Waals surface area contributed by atoms with E-state index in [1.165, 1.54) is 23.1 Å². The molecule has 9 heteroatoms. The number of oxazole rings is 1. The van der Waals surface area contributed by atoms with Crippen LogP contribution in [-0.2, 0) is 11.3 Å². The Kier molecular flexibility index (Phi) is 5.45. The van der Waals surface area contributed by atoms with E-state index in [1.54, 1.807) is 6.07 Å². The second-order valence-electron chi connectivity index (χ2n) is 6.59. The molecule has 0 fully saturated rings. The summed E-state index contributed by atoms with van der Waals surface area (Å²) in [7, 11) is 0. The topological polar surface area (TPSA) is 122 Å². The molecule has 0 saturated heterocycles. The molecule has 148 valence electrons. The summed E-state index contributed by atoms with van der Waals surface area (Å²) in [5, 5.41) is 20.0. The fourth-order valence-electron chi connectivity index (χ4n) is 2.99. The van der Waals surface area contributed by atoms with Gasteiger partial charge in [0.05, 0.1) is 22.9 Å². The fraction of sp³-hybridized carbons (Fsp3) is 0.250. The van der Waals surface area contributed by atoms with Crippen LogP contribution in [0.15, 0.2) is 45.6 Å². The number of benzene rings is 2. The average molecular weight is 394 g/mol. The summed E-state index contributed by atoms with van der Waals surface area (Å²) >= 11 is 0. The molecular formula is C20H18N4O5. The largest absolute Gasteiger partial charge is 0.420 e. The molecule has 29 heavy (non-hydrogen) atoms. The van der Waals surface area contributed by atoms with Gasteiger partial charge >= 0.3 is 5.76 Å². The van der Waals surface area contributed by atoms with E-state index in [-0.39, 0.29) is 36.3 Å². The number of carbonyl (C=O) groups is 1. The zero-order chi connectivity index (χ0) is 21.1. The lowest BCUT2D eigenvalue weighted by molar-refractivity contribution is -0.384. The van der Waals surface area contributed by atoms with Crippen molar-refractivity contribution in [3.8, 4) is 6.07 Å². The van der Waals surface area contributed by atoms with Crippen LogP contribution in [0.25, 0.3) is 11.1 Å². The van der Waals surface area contributed by atoms with Crippen LogP contribution >= 0.6 is 0 Å². The third-order valence-electron chi connectivity index (χ3n) is 4.71. The highest BCUT2D eigenvalue weighted by Gasteiger charge is 2.21. The number of carbonyl (C=O) groups excluding carboxylic acids is 1. The van der Waals surface area contributed by atoms with E-state index in [1.807, 2.05) is 32.0 Å². The Balaban J connectivity index is 1.99. The number of aryl methyl sites for hydroxylation is 2. The monoisotopic (exact) mass is 394 g/mol. The number of fused-ring (bicyclic) bond motifs is 1. The van der Waals surface area contributed by atoms with Crippen LogP contribution in [-0.4, -0.2) is 21.9 Å². The molecule has 0 bridgehead atoms. The van der Waals surface area contributed by atoms with Crippen molar-refractivity contribution in [2.75, 3.05) is 11.4 Å². The normalized spacial score (nSPS) is 10.7. The van der Waals surface area contributed by atoms with Crippen molar-refractivity contribution in [2.45, 2.75) is 26.8 Å². The Bertz CT molecular complexity index is 1200. The van der Waals surface area contributed by atoms with E-state index >= 15 is 0 Å². The lowest BCUT2D eigenvalue weighted by Gasteiger charge is -2.22. The number of nitriles is 1. The molecule has 0 aliphatic carbocycles. The molecule has 0 aliphatic rings. The van der Waals surface area contributed by atoms with E-state index in [0.29, 0.717) is 5.69 Å². The van der Waals surface area contributed by atoms with E-state index < -0.39 is 16.6 Å². The molecule has 1 heterocycles. The van der Waals surface area contributed by atoms with Crippen LogP contribution in [0.2, 0.25) is 0 Å². The number of nitro benzene ring substituents is 1. The number of hydrogen-bond donors (Lipinski definition) is 0. The van der Waals surface area contributed by atoms with Gasteiger partial charge < -0.3 is 9.32 Å². The molecule has 0 atom stereocenters. The molecule has 1 aromatic heterocycles. The van der Waals surface area contributed by atoms with Gasteiger partial charge in [0.15, 0.2) is 5.58 Å². The summed E-state index contributed by atoms with van der Waals surface area (Å²) in [6.07, 6.45) is 0.116. The highest BCUT2D eigenvalue weighted by Crippen LogP contribution is 2.22. The highest BCUT2D eigenvalue weighted by atomic mass is 16.6. The Labute approximate surface area is 165 Å². The van der Waals surface area contributed by atoms with E-state index in [2.05, 4.69) is 0 Å². The van der Waals surface area contributed by atoms with Crippen LogP contribution in [0, 0.1) is 35.3 Å². The molecule has 3 rings (SSSR count). The summed E-state index contributed by atoms with van der Waals surface area (Å²) in [6.45, 7) is 3.65. The minimum atomic E-state index is -0.783. The lowest BCUT2D eigenvalue weighted by atomic mass is 10.1. The third-order valence-corrected chi connectivity index (χ3v) is 4.71. The quantitative estimate of drug-likeness (QED) is 0.468. The Hall–Kier alpha value is -3.93. The number of nitrogens with zero attached hydrogens (tertiary/aromatic N) is 4. The van der Waals surface area contributed by atoms with Crippen LogP contribution in [0.4, 0.5) is 11.4 Å². The summed E-state index contributed by atoms with van der Waals surface area (Å²) in [5.74, 6) is -1.21. The zero-order valence-electron chi connectivity index (χ0n) is 15.9. The Morgan fingerprint density at radius 3 is 2.66 bits per heavy atom. The molecule has 9 nitrogen and oxygen atoms in total. The summed E-state index contributed by atoms with van der Waals surface area (Å²) in [5.41, 5.74) is 2.76. The Morgan fingerprint density at radius 1 is 1.24 bits per heavy atom. The van der Waals surface area contributed by atoms with Crippen molar-refractivity contribution in [3.05, 3.63) is 68.2 Å². The summed E-state index contributed by atoms with van der Waals surface area (Å²) in [6, 6.07) is 11.3. The van der Waals surface area contributed by atoms with Gasteiger partial charge in [-0.3, -0.25) is 19.5 Å². The van der Waals surface area contributed by atoms with Crippen molar-refractivity contribution in [3.63, 3.8) is 0 Å². The maximum atomic E-state index is 13.0. The van der Waals surface area contributed by atoms with Gasteiger partial charge in [-0.15, -0.1) is 0 Å². The second-order valence-corrected chi connectivity index (χ2v) is 6.59. The van der Waals surface area contributed by atoms with E-state index in [0.717, 1.165) is 15.7 Å². The van der Waals surface area contributed by atoms with E-state index in [4.69, 9.17) is 9.68 Å². The maximum Gasteiger partial charge on any atom is 0.420 e. The molecule has 0 N–H and O–H groups in total.